The zero-order valence-corrected chi connectivity index (χ0v) is 12.9. The minimum Gasteiger partial charge on any atom is -0.322 e. The van der Waals surface area contributed by atoms with Gasteiger partial charge in [0.1, 0.15) is 6.17 Å². The van der Waals surface area contributed by atoms with Crippen LogP contribution in [0.3, 0.4) is 0 Å². The summed E-state index contributed by atoms with van der Waals surface area (Å²) in [6.07, 6.45) is 3.78. The molecular weight excluding hydrogens is 270 g/mol. The summed E-state index contributed by atoms with van der Waals surface area (Å²) in [4.78, 5) is 16.5. The molecule has 1 N–H and O–H groups in total. The molecule has 3 rings (SSSR count). The molecule has 3 heterocycles. The predicted molar refractivity (Wildman–Crippen MR) is 81.6 cm³/mol. The number of piperidine rings is 1. The number of hydrogen-bond donors (Lipinski definition) is 1. The van der Waals surface area contributed by atoms with Gasteiger partial charge < -0.3 is 9.80 Å². The molecule has 0 bridgehead atoms. The van der Waals surface area contributed by atoms with E-state index < -0.39 is 0 Å². The molecule has 2 fully saturated rings. The van der Waals surface area contributed by atoms with Crippen LogP contribution >= 0.6 is 11.3 Å². The third-order valence-electron chi connectivity index (χ3n) is 4.55. The summed E-state index contributed by atoms with van der Waals surface area (Å²) in [6.45, 7) is 3.77. The smallest absolute Gasteiger partial charge is 0.238 e. The van der Waals surface area contributed by atoms with Gasteiger partial charge in [-0.3, -0.25) is 10.1 Å². The van der Waals surface area contributed by atoms with Gasteiger partial charge in [-0.05, 0) is 67.7 Å². The van der Waals surface area contributed by atoms with Gasteiger partial charge >= 0.3 is 0 Å². The topological polar surface area (TPSA) is 35.6 Å². The van der Waals surface area contributed by atoms with Crippen LogP contribution in [0.2, 0.25) is 0 Å². The largest absolute Gasteiger partial charge is 0.322 e. The Balaban J connectivity index is 1.56. The minimum atomic E-state index is 0.0972. The third kappa shape index (κ3) is 3.05. The lowest BCUT2D eigenvalue weighted by atomic mass is 9.93. The van der Waals surface area contributed by atoms with E-state index >= 15 is 0 Å². The molecule has 2 saturated heterocycles. The van der Waals surface area contributed by atoms with Gasteiger partial charge in [-0.25, -0.2) is 0 Å². The number of thiophene rings is 1. The van der Waals surface area contributed by atoms with Crippen molar-refractivity contribution in [1.82, 2.24) is 15.1 Å². The molecule has 5 heteroatoms. The van der Waals surface area contributed by atoms with Gasteiger partial charge in [0.05, 0.1) is 6.54 Å². The maximum atomic E-state index is 12.1. The van der Waals surface area contributed by atoms with Crippen molar-refractivity contribution in [2.45, 2.75) is 25.4 Å². The minimum absolute atomic E-state index is 0.0972. The summed E-state index contributed by atoms with van der Waals surface area (Å²) in [5, 5.41) is 7.54. The molecule has 0 radical (unpaired) electrons. The highest BCUT2D eigenvalue weighted by Crippen LogP contribution is 2.27. The van der Waals surface area contributed by atoms with Gasteiger partial charge in [-0.15, -0.1) is 0 Å². The Morgan fingerprint density at radius 1 is 1.40 bits per heavy atom. The van der Waals surface area contributed by atoms with Crippen LogP contribution in [-0.2, 0) is 4.79 Å². The number of carbonyl (C=O) groups is 1. The molecule has 20 heavy (non-hydrogen) atoms. The summed E-state index contributed by atoms with van der Waals surface area (Å²) < 4.78 is 0. The Morgan fingerprint density at radius 2 is 2.20 bits per heavy atom. The molecule has 0 spiro atoms. The number of nitrogens with zero attached hydrogens (tertiary/aromatic N) is 2. The van der Waals surface area contributed by atoms with Crippen molar-refractivity contribution in [3.05, 3.63) is 22.4 Å². The normalized spacial score (nSPS) is 25.6. The van der Waals surface area contributed by atoms with Crippen LogP contribution in [0.5, 0.6) is 0 Å². The van der Waals surface area contributed by atoms with E-state index in [-0.39, 0.29) is 12.1 Å². The van der Waals surface area contributed by atoms with Crippen LogP contribution in [0.1, 0.15) is 31.0 Å². The number of likely N-dealkylation sites (tertiary alicyclic amines) is 1. The van der Waals surface area contributed by atoms with Crippen molar-refractivity contribution in [3.63, 3.8) is 0 Å². The molecule has 0 aromatic carbocycles. The lowest BCUT2D eigenvalue weighted by molar-refractivity contribution is -0.128. The zero-order valence-electron chi connectivity index (χ0n) is 12.0. The van der Waals surface area contributed by atoms with Crippen LogP contribution < -0.4 is 5.32 Å². The molecule has 1 aromatic rings. The lowest BCUT2D eigenvalue weighted by Gasteiger charge is -2.31. The first-order chi connectivity index (χ1) is 9.74. The van der Waals surface area contributed by atoms with Crippen molar-refractivity contribution >= 4 is 17.2 Å². The van der Waals surface area contributed by atoms with E-state index in [1.165, 1.54) is 31.5 Å². The second-order valence-electron chi connectivity index (χ2n) is 5.96. The molecule has 1 atom stereocenters. The van der Waals surface area contributed by atoms with Gasteiger partial charge in [0, 0.05) is 6.54 Å². The first-order valence-electron chi connectivity index (χ1n) is 7.47. The highest BCUT2D eigenvalue weighted by molar-refractivity contribution is 7.07. The van der Waals surface area contributed by atoms with Crippen molar-refractivity contribution in [2.24, 2.45) is 5.92 Å². The lowest BCUT2D eigenvalue weighted by Crippen LogP contribution is -2.35. The molecular formula is C15H23N3OS. The van der Waals surface area contributed by atoms with Gasteiger partial charge in [-0.2, -0.15) is 11.3 Å². The van der Waals surface area contributed by atoms with E-state index in [4.69, 9.17) is 0 Å². The summed E-state index contributed by atoms with van der Waals surface area (Å²) >= 11 is 1.69. The highest BCUT2D eigenvalue weighted by atomic mass is 32.1. The summed E-state index contributed by atoms with van der Waals surface area (Å²) in [5.74, 6) is 1.02. The van der Waals surface area contributed by atoms with Crippen molar-refractivity contribution in [2.75, 3.05) is 33.2 Å². The van der Waals surface area contributed by atoms with E-state index in [0.29, 0.717) is 6.54 Å². The average Bonchev–Trinajstić information content (AvgIpc) is 3.08. The number of amides is 1. The molecule has 1 unspecified atom stereocenters. The summed E-state index contributed by atoms with van der Waals surface area (Å²) in [5.41, 5.74) is 1.23. The fourth-order valence-electron chi connectivity index (χ4n) is 3.19. The molecule has 1 amide bonds. The first-order valence-corrected chi connectivity index (χ1v) is 8.42. The Bertz CT molecular complexity index is 440. The SMILES string of the molecule is CN1CCC(CCN2C(=O)CNC2c2ccsc2)CC1. The molecule has 2 aliphatic heterocycles. The standard InChI is InChI=1S/C15H23N3OS/c1-17-6-2-12(3-7-17)4-8-18-14(19)10-16-15(18)13-5-9-20-11-13/h5,9,11-12,15-16H,2-4,6-8,10H2,1H3. The van der Waals surface area contributed by atoms with E-state index in [1.807, 2.05) is 4.90 Å². The van der Waals surface area contributed by atoms with Crippen molar-refractivity contribution in [1.29, 1.82) is 0 Å². The second-order valence-corrected chi connectivity index (χ2v) is 6.74. The third-order valence-corrected chi connectivity index (χ3v) is 5.26. The van der Waals surface area contributed by atoms with Crippen LogP contribution in [-0.4, -0.2) is 48.9 Å². The van der Waals surface area contributed by atoms with Gasteiger partial charge in [-0.1, -0.05) is 0 Å². The Kier molecular flexibility index (Phi) is 4.38. The average molecular weight is 293 g/mol. The van der Waals surface area contributed by atoms with Gasteiger partial charge in [0.2, 0.25) is 5.91 Å². The van der Waals surface area contributed by atoms with Crippen molar-refractivity contribution < 1.29 is 4.79 Å². The molecule has 0 aliphatic carbocycles. The fourth-order valence-corrected chi connectivity index (χ4v) is 3.87. The monoisotopic (exact) mass is 293 g/mol. The Morgan fingerprint density at radius 3 is 2.90 bits per heavy atom. The van der Waals surface area contributed by atoms with Crippen LogP contribution in [0, 0.1) is 5.92 Å². The highest BCUT2D eigenvalue weighted by Gasteiger charge is 2.32. The number of rotatable bonds is 4. The Hall–Kier alpha value is -0.910. The number of nitrogens with one attached hydrogen (secondary N) is 1. The van der Waals surface area contributed by atoms with Crippen LogP contribution in [0.25, 0.3) is 0 Å². The molecule has 4 nitrogen and oxygen atoms in total. The van der Waals surface area contributed by atoms with Gasteiger partial charge in [0.15, 0.2) is 0 Å². The van der Waals surface area contributed by atoms with Gasteiger partial charge in [0.25, 0.3) is 0 Å². The predicted octanol–water partition coefficient (Wildman–Crippen LogP) is 1.91. The summed E-state index contributed by atoms with van der Waals surface area (Å²) in [6, 6.07) is 2.11. The zero-order chi connectivity index (χ0) is 13.9. The maximum absolute atomic E-state index is 12.1. The maximum Gasteiger partial charge on any atom is 0.238 e. The van der Waals surface area contributed by atoms with Crippen LogP contribution in [0.15, 0.2) is 16.8 Å². The van der Waals surface area contributed by atoms with E-state index in [0.717, 1.165) is 18.9 Å². The molecule has 110 valence electrons. The van der Waals surface area contributed by atoms with E-state index in [1.54, 1.807) is 11.3 Å². The van der Waals surface area contributed by atoms with Crippen LogP contribution in [0.4, 0.5) is 0 Å². The number of hydrogen-bond acceptors (Lipinski definition) is 4. The molecule has 0 saturated carbocycles. The van der Waals surface area contributed by atoms with E-state index in [2.05, 4.69) is 34.1 Å². The summed E-state index contributed by atoms with van der Waals surface area (Å²) in [7, 11) is 2.19. The molecule has 1 aromatic heterocycles. The Labute approximate surface area is 124 Å². The molecule has 2 aliphatic rings. The second kappa shape index (κ2) is 6.24. The van der Waals surface area contributed by atoms with Crippen molar-refractivity contribution in [3.8, 4) is 0 Å². The van der Waals surface area contributed by atoms with E-state index in [9.17, 15) is 4.79 Å². The fraction of sp³-hybridized carbons (Fsp3) is 0.667. The quantitative estimate of drug-likeness (QED) is 0.921. The number of carbonyl (C=O) groups excluding carboxylic acids is 1. The first kappa shape index (κ1) is 14.0.